The van der Waals surface area contributed by atoms with E-state index in [-0.39, 0.29) is 17.5 Å². The standard InChI is InChI=1S/C27H28F2N8O2/c28-19-3-2-16(8-20(19)29)21-9-18(11-37-15-35-23-25(30)33-14-34-26(23)37)22(10-32-21)36-6-1-5-27(31,13-36)24(38)17-4-7-39-12-17/h2-3,8-10,14-15,17H,1,4-7,11-13,31H2,(H2,30,33,34). The van der Waals surface area contributed by atoms with Crippen LogP contribution in [0.4, 0.5) is 20.3 Å². The third kappa shape index (κ3) is 4.70. The summed E-state index contributed by atoms with van der Waals surface area (Å²) in [6, 6.07) is 5.52. The highest BCUT2D eigenvalue weighted by Gasteiger charge is 2.43. The molecule has 0 radical (unpaired) electrons. The van der Waals surface area contributed by atoms with Crippen LogP contribution in [0.1, 0.15) is 24.8 Å². The molecule has 2 saturated heterocycles. The van der Waals surface area contributed by atoms with Crippen molar-refractivity contribution in [1.29, 1.82) is 0 Å². The number of pyridine rings is 1. The Balaban J connectivity index is 1.39. The number of carbonyl (C=O) groups excluding carboxylic acids is 1. The molecule has 4 N–H and O–H groups in total. The first kappa shape index (κ1) is 25.3. The number of nitrogens with zero attached hydrogens (tertiary/aromatic N) is 6. The first-order valence-electron chi connectivity index (χ1n) is 12.8. The predicted molar refractivity (Wildman–Crippen MR) is 141 cm³/mol. The first-order chi connectivity index (χ1) is 18.8. The van der Waals surface area contributed by atoms with Crippen molar-refractivity contribution in [3.63, 3.8) is 0 Å². The number of ether oxygens (including phenoxy) is 1. The van der Waals surface area contributed by atoms with Gasteiger partial charge in [0.2, 0.25) is 0 Å². The van der Waals surface area contributed by atoms with Gasteiger partial charge in [-0.25, -0.2) is 23.7 Å². The summed E-state index contributed by atoms with van der Waals surface area (Å²) in [5.41, 5.74) is 15.3. The smallest absolute Gasteiger partial charge is 0.165 e. The maximum Gasteiger partial charge on any atom is 0.165 e. The number of carbonyl (C=O) groups is 1. The molecule has 3 aromatic heterocycles. The first-order valence-corrected chi connectivity index (χ1v) is 12.8. The Morgan fingerprint density at radius 2 is 2.03 bits per heavy atom. The van der Waals surface area contributed by atoms with Gasteiger partial charge in [0, 0.05) is 31.2 Å². The molecule has 0 saturated carbocycles. The fourth-order valence-electron chi connectivity index (χ4n) is 5.55. The van der Waals surface area contributed by atoms with E-state index in [9.17, 15) is 13.6 Å². The van der Waals surface area contributed by atoms with Gasteiger partial charge in [0.1, 0.15) is 11.8 Å². The summed E-state index contributed by atoms with van der Waals surface area (Å²) in [6.45, 7) is 2.34. The second-order valence-electron chi connectivity index (χ2n) is 10.2. The monoisotopic (exact) mass is 534 g/mol. The van der Waals surface area contributed by atoms with Crippen LogP contribution in [0, 0.1) is 17.6 Å². The van der Waals surface area contributed by atoms with Crippen LogP contribution in [-0.2, 0) is 16.1 Å². The second kappa shape index (κ2) is 9.93. The van der Waals surface area contributed by atoms with Crippen molar-refractivity contribution in [3.8, 4) is 11.3 Å². The summed E-state index contributed by atoms with van der Waals surface area (Å²) in [7, 11) is 0. The maximum atomic E-state index is 14.0. The van der Waals surface area contributed by atoms with E-state index in [1.165, 1.54) is 12.4 Å². The van der Waals surface area contributed by atoms with Crippen LogP contribution in [0.15, 0.2) is 43.1 Å². The summed E-state index contributed by atoms with van der Waals surface area (Å²) in [5, 5.41) is 0. The summed E-state index contributed by atoms with van der Waals surface area (Å²) < 4.78 is 34.9. The number of rotatable bonds is 6. The summed E-state index contributed by atoms with van der Waals surface area (Å²) >= 11 is 0. The van der Waals surface area contributed by atoms with Gasteiger partial charge in [-0.15, -0.1) is 0 Å². The zero-order chi connectivity index (χ0) is 27.1. The minimum atomic E-state index is -1.00. The number of hydrogen-bond donors (Lipinski definition) is 2. The van der Waals surface area contributed by atoms with Gasteiger partial charge in [0.05, 0.1) is 42.6 Å². The number of piperidine rings is 1. The summed E-state index contributed by atoms with van der Waals surface area (Å²) in [4.78, 5) is 32.7. The number of fused-ring (bicyclic) bond motifs is 1. The van der Waals surface area contributed by atoms with Gasteiger partial charge >= 0.3 is 0 Å². The number of hydrogen-bond acceptors (Lipinski definition) is 9. The number of benzene rings is 1. The van der Waals surface area contributed by atoms with Crippen LogP contribution in [0.2, 0.25) is 0 Å². The molecule has 6 rings (SSSR count). The third-order valence-electron chi connectivity index (χ3n) is 7.61. The third-order valence-corrected chi connectivity index (χ3v) is 7.61. The van der Waals surface area contributed by atoms with Crippen LogP contribution >= 0.6 is 0 Å². The number of aromatic nitrogens is 5. The highest BCUT2D eigenvalue weighted by atomic mass is 19.2. The summed E-state index contributed by atoms with van der Waals surface area (Å²) in [5.74, 6) is -1.76. The molecule has 5 heterocycles. The Morgan fingerprint density at radius 3 is 2.82 bits per heavy atom. The average Bonchev–Trinajstić information content (AvgIpc) is 3.61. The number of nitrogen functional groups attached to an aromatic ring is 1. The van der Waals surface area contributed by atoms with E-state index in [0.29, 0.717) is 68.1 Å². The van der Waals surface area contributed by atoms with E-state index in [1.807, 2.05) is 10.6 Å². The van der Waals surface area contributed by atoms with Gasteiger partial charge in [-0.05, 0) is 49.1 Å². The zero-order valence-corrected chi connectivity index (χ0v) is 21.2. The normalized spacial score (nSPS) is 21.5. The van der Waals surface area contributed by atoms with E-state index in [4.69, 9.17) is 16.2 Å². The van der Waals surface area contributed by atoms with Crippen LogP contribution in [-0.4, -0.2) is 62.1 Å². The van der Waals surface area contributed by atoms with Crippen molar-refractivity contribution in [3.05, 3.63) is 60.3 Å². The lowest BCUT2D eigenvalue weighted by Crippen LogP contribution is -2.61. The fourth-order valence-corrected chi connectivity index (χ4v) is 5.55. The zero-order valence-electron chi connectivity index (χ0n) is 21.2. The fraction of sp³-hybridized carbons (Fsp3) is 0.370. The maximum absolute atomic E-state index is 14.0. The minimum absolute atomic E-state index is 0.0328. The Kier molecular flexibility index (Phi) is 6.43. The molecular weight excluding hydrogens is 506 g/mol. The molecule has 1 aromatic carbocycles. The molecular formula is C27H28F2N8O2. The molecule has 2 aliphatic heterocycles. The van der Waals surface area contributed by atoms with Crippen LogP contribution in [0.25, 0.3) is 22.4 Å². The van der Waals surface area contributed by atoms with Crippen molar-refractivity contribution < 1.29 is 18.3 Å². The predicted octanol–water partition coefficient (Wildman–Crippen LogP) is 2.70. The van der Waals surface area contributed by atoms with E-state index in [2.05, 4.69) is 24.8 Å². The van der Waals surface area contributed by atoms with Crippen molar-refractivity contribution in [2.45, 2.75) is 31.3 Å². The molecule has 12 heteroatoms. The number of ketones is 1. The molecule has 2 atom stereocenters. The van der Waals surface area contributed by atoms with Gasteiger partial charge < -0.3 is 25.7 Å². The molecule has 2 aliphatic rings. The Morgan fingerprint density at radius 1 is 1.15 bits per heavy atom. The van der Waals surface area contributed by atoms with Gasteiger partial charge in [0.15, 0.2) is 28.9 Å². The largest absolute Gasteiger partial charge is 0.382 e. The van der Waals surface area contributed by atoms with Crippen LogP contribution in [0.3, 0.4) is 0 Å². The van der Waals surface area contributed by atoms with Crippen LogP contribution in [0.5, 0.6) is 0 Å². The number of nitrogens with two attached hydrogens (primary N) is 2. The molecule has 10 nitrogen and oxygen atoms in total. The van der Waals surface area contributed by atoms with Crippen molar-refractivity contribution >= 4 is 28.5 Å². The van der Waals surface area contributed by atoms with Gasteiger partial charge in [-0.3, -0.25) is 9.78 Å². The molecule has 202 valence electrons. The van der Waals surface area contributed by atoms with Gasteiger partial charge in [-0.2, -0.15) is 0 Å². The van der Waals surface area contributed by atoms with Crippen molar-refractivity contribution in [2.24, 2.45) is 11.7 Å². The second-order valence-corrected chi connectivity index (χ2v) is 10.2. The molecule has 4 aromatic rings. The molecule has 0 bridgehead atoms. The van der Waals surface area contributed by atoms with Gasteiger partial charge in [-0.1, -0.05) is 0 Å². The number of imidazole rings is 1. The van der Waals surface area contributed by atoms with Crippen molar-refractivity contribution in [2.75, 3.05) is 36.9 Å². The van der Waals surface area contributed by atoms with Gasteiger partial charge in [0.25, 0.3) is 0 Å². The molecule has 39 heavy (non-hydrogen) atoms. The Bertz CT molecular complexity index is 1550. The quantitative estimate of drug-likeness (QED) is 0.382. The topological polar surface area (TPSA) is 138 Å². The SMILES string of the molecule is Nc1ncnc2c1ncn2Cc1cc(-c2ccc(F)c(F)c2)ncc1N1CCCC(N)(C(=O)C2CCOC2)C1. The van der Waals surface area contributed by atoms with E-state index >= 15 is 0 Å². The summed E-state index contributed by atoms with van der Waals surface area (Å²) in [6.07, 6.45) is 6.72. The molecule has 0 amide bonds. The number of anilines is 2. The average molecular weight is 535 g/mol. The number of halogens is 2. The Hall–Kier alpha value is -4.03. The molecule has 2 unspecified atom stereocenters. The molecule has 2 fully saturated rings. The molecule has 0 spiro atoms. The Labute approximate surface area is 223 Å². The lowest BCUT2D eigenvalue weighted by Gasteiger charge is -2.42. The lowest BCUT2D eigenvalue weighted by molar-refractivity contribution is -0.128. The number of Topliss-reactive ketones (excluding diaryl/α,β-unsaturated/α-hetero) is 1. The van der Waals surface area contributed by atoms with Crippen LogP contribution < -0.4 is 16.4 Å². The van der Waals surface area contributed by atoms with E-state index < -0.39 is 17.2 Å². The van der Waals surface area contributed by atoms with E-state index in [1.54, 1.807) is 12.5 Å². The highest BCUT2D eigenvalue weighted by molar-refractivity contribution is 5.91. The lowest BCUT2D eigenvalue weighted by atomic mass is 9.80. The molecule has 0 aliphatic carbocycles. The highest BCUT2D eigenvalue weighted by Crippen LogP contribution is 2.33. The van der Waals surface area contributed by atoms with Crippen molar-refractivity contribution in [1.82, 2.24) is 24.5 Å². The van der Waals surface area contributed by atoms with E-state index in [0.717, 1.165) is 29.8 Å². The minimum Gasteiger partial charge on any atom is -0.382 e.